The molecule has 0 aliphatic carbocycles. The largest absolute Gasteiger partial charge is 0.354 e. The van der Waals surface area contributed by atoms with E-state index in [2.05, 4.69) is 75.3 Å². The number of aromatic nitrogens is 4. The molecule has 2 aromatic heterocycles. The first kappa shape index (κ1) is 23.9. The lowest BCUT2D eigenvalue weighted by molar-refractivity contribution is 0.625. The summed E-state index contributed by atoms with van der Waals surface area (Å²) in [5.41, 5.74) is 4.85. The Balaban J connectivity index is 0.00000320. The molecule has 0 aliphatic heterocycles. The fourth-order valence-electron chi connectivity index (χ4n) is 3.49. The lowest BCUT2D eigenvalue weighted by Crippen LogP contribution is -2.43. The van der Waals surface area contributed by atoms with Crippen LogP contribution in [0.15, 0.2) is 47.7 Å². The molecule has 162 valence electrons. The highest BCUT2D eigenvalue weighted by molar-refractivity contribution is 14.0. The first-order valence-corrected chi connectivity index (χ1v) is 9.98. The Morgan fingerprint density at radius 2 is 1.93 bits per heavy atom. The van der Waals surface area contributed by atoms with E-state index < -0.39 is 0 Å². The predicted molar refractivity (Wildman–Crippen MR) is 132 cm³/mol. The van der Waals surface area contributed by atoms with Crippen molar-refractivity contribution >= 4 is 29.9 Å². The maximum atomic E-state index is 4.51. The van der Waals surface area contributed by atoms with Crippen LogP contribution in [0.3, 0.4) is 0 Å². The van der Waals surface area contributed by atoms with Crippen LogP contribution in [-0.2, 0) is 26.6 Å². The minimum absolute atomic E-state index is 0. The van der Waals surface area contributed by atoms with E-state index in [1.165, 1.54) is 16.8 Å². The molecule has 1 atom stereocenters. The molecule has 3 rings (SSSR count). The molecule has 0 aliphatic rings. The number of guanidine groups is 1. The van der Waals surface area contributed by atoms with E-state index in [1.807, 2.05) is 30.2 Å². The lowest BCUT2D eigenvalue weighted by Gasteiger charge is -2.18. The van der Waals surface area contributed by atoms with Gasteiger partial charge in [-0.05, 0) is 38.3 Å². The molecule has 2 N–H and O–H groups in total. The summed E-state index contributed by atoms with van der Waals surface area (Å²) in [7, 11) is 3.78. The van der Waals surface area contributed by atoms with Gasteiger partial charge in [0.15, 0.2) is 5.96 Å². The molecule has 0 bridgehead atoms. The maximum Gasteiger partial charge on any atom is 0.191 e. The molecule has 0 saturated carbocycles. The van der Waals surface area contributed by atoms with Crippen LogP contribution in [0.4, 0.5) is 0 Å². The first-order valence-electron chi connectivity index (χ1n) is 9.98. The van der Waals surface area contributed by atoms with Gasteiger partial charge in [0.25, 0.3) is 0 Å². The number of halogens is 1. The van der Waals surface area contributed by atoms with Crippen LogP contribution in [0.5, 0.6) is 0 Å². The van der Waals surface area contributed by atoms with Crippen LogP contribution in [0, 0.1) is 13.8 Å². The van der Waals surface area contributed by atoms with Crippen LogP contribution < -0.4 is 10.6 Å². The van der Waals surface area contributed by atoms with Crippen molar-refractivity contribution in [3.8, 4) is 0 Å². The van der Waals surface area contributed by atoms with Gasteiger partial charge < -0.3 is 15.2 Å². The van der Waals surface area contributed by atoms with E-state index in [-0.39, 0.29) is 30.0 Å². The van der Waals surface area contributed by atoms with Crippen LogP contribution in [0.2, 0.25) is 0 Å². The van der Waals surface area contributed by atoms with Crippen molar-refractivity contribution in [2.45, 2.75) is 46.3 Å². The fourth-order valence-corrected chi connectivity index (χ4v) is 3.49. The molecule has 0 saturated heterocycles. The van der Waals surface area contributed by atoms with E-state index in [4.69, 9.17) is 0 Å². The van der Waals surface area contributed by atoms with Gasteiger partial charge in [-0.1, -0.05) is 30.3 Å². The number of aryl methyl sites for hydroxylation is 2. The number of hydrogen-bond acceptors (Lipinski definition) is 3. The molecule has 0 radical (unpaired) electrons. The molecule has 2 heterocycles. The third kappa shape index (κ3) is 6.07. The molecular formula is C22H32IN7. The molecule has 3 aromatic rings. The highest BCUT2D eigenvalue weighted by Crippen LogP contribution is 2.14. The van der Waals surface area contributed by atoms with Gasteiger partial charge in [-0.15, -0.1) is 24.0 Å². The zero-order valence-electron chi connectivity index (χ0n) is 18.4. The normalized spacial score (nSPS) is 12.4. The molecule has 0 spiro atoms. The van der Waals surface area contributed by atoms with Crippen LogP contribution >= 0.6 is 24.0 Å². The average Bonchev–Trinajstić information content (AvgIpc) is 3.25. The van der Waals surface area contributed by atoms with Crippen molar-refractivity contribution in [3.63, 3.8) is 0 Å². The van der Waals surface area contributed by atoms with Crippen LogP contribution in [0.1, 0.15) is 35.3 Å². The standard InChI is InChI=1S/C22H31N7.HI/c1-16(13-20-17(2)27-28(5)18(20)3)26-22(23-4)25-14-21-24-11-12-29(21)15-19-9-7-6-8-10-19;/h6-12,16H,13-15H2,1-5H3,(H2,23,25,26);1H. The van der Waals surface area contributed by atoms with Crippen molar-refractivity contribution in [1.29, 1.82) is 0 Å². The van der Waals surface area contributed by atoms with Crippen molar-refractivity contribution in [1.82, 2.24) is 30.0 Å². The molecule has 30 heavy (non-hydrogen) atoms. The average molecular weight is 521 g/mol. The quantitative estimate of drug-likeness (QED) is 0.285. The second kappa shape index (κ2) is 11.1. The molecule has 1 aromatic carbocycles. The van der Waals surface area contributed by atoms with Gasteiger partial charge in [0, 0.05) is 44.8 Å². The smallest absolute Gasteiger partial charge is 0.191 e. The Hall–Kier alpha value is -2.36. The van der Waals surface area contributed by atoms with Gasteiger partial charge >= 0.3 is 0 Å². The molecular weight excluding hydrogens is 489 g/mol. The zero-order chi connectivity index (χ0) is 20.8. The van der Waals surface area contributed by atoms with Gasteiger partial charge in [-0.25, -0.2) is 4.98 Å². The number of benzene rings is 1. The van der Waals surface area contributed by atoms with Gasteiger partial charge in [0.05, 0.1) is 12.2 Å². The maximum absolute atomic E-state index is 4.51. The second-order valence-corrected chi connectivity index (χ2v) is 7.41. The van der Waals surface area contributed by atoms with E-state index >= 15 is 0 Å². The van der Waals surface area contributed by atoms with Crippen LogP contribution in [-0.4, -0.2) is 38.4 Å². The summed E-state index contributed by atoms with van der Waals surface area (Å²) in [6.07, 6.45) is 4.75. The van der Waals surface area contributed by atoms with Crippen molar-refractivity contribution < 1.29 is 0 Å². The van der Waals surface area contributed by atoms with Crippen LogP contribution in [0.25, 0.3) is 0 Å². The summed E-state index contributed by atoms with van der Waals surface area (Å²) in [6.45, 7) is 7.75. The van der Waals surface area contributed by atoms with E-state index in [0.29, 0.717) is 6.54 Å². The third-order valence-corrected chi connectivity index (χ3v) is 5.19. The molecule has 8 heteroatoms. The summed E-state index contributed by atoms with van der Waals surface area (Å²) in [6, 6.07) is 10.6. The summed E-state index contributed by atoms with van der Waals surface area (Å²) >= 11 is 0. The number of imidazole rings is 1. The number of aliphatic imine (C=N–C) groups is 1. The molecule has 0 amide bonds. The topological polar surface area (TPSA) is 72.1 Å². The fraction of sp³-hybridized carbons (Fsp3) is 0.409. The minimum atomic E-state index is 0. The zero-order valence-corrected chi connectivity index (χ0v) is 20.7. The van der Waals surface area contributed by atoms with E-state index in [1.54, 1.807) is 7.05 Å². The number of nitrogens with one attached hydrogen (secondary N) is 2. The first-order chi connectivity index (χ1) is 14.0. The minimum Gasteiger partial charge on any atom is -0.354 e. The van der Waals surface area contributed by atoms with E-state index in [0.717, 1.165) is 30.4 Å². The Bertz CT molecular complexity index is 959. The molecule has 1 unspecified atom stereocenters. The van der Waals surface area contributed by atoms with Gasteiger partial charge in [0.1, 0.15) is 5.82 Å². The molecule has 0 fully saturated rings. The summed E-state index contributed by atoms with van der Waals surface area (Å²) in [5, 5.41) is 11.4. The Kier molecular flexibility index (Phi) is 8.88. The lowest BCUT2D eigenvalue weighted by atomic mass is 10.1. The Morgan fingerprint density at radius 1 is 1.20 bits per heavy atom. The predicted octanol–water partition coefficient (Wildman–Crippen LogP) is 3.20. The summed E-state index contributed by atoms with van der Waals surface area (Å²) < 4.78 is 4.10. The monoisotopic (exact) mass is 521 g/mol. The molecule has 7 nitrogen and oxygen atoms in total. The van der Waals surface area contributed by atoms with Gasteiger partial charge in [-0.3, -0.25) is 9.67 Å². The summed E-state index contributed by atoms with van der Waals surface area (Å²) in [5.74, 6) is 1.74. The van der Waals surface area contributed by atoms with Gasteiger partial charge in [-0.2, -0.15) is 5.10 Å². The SMILES string of the molecule is CN=C(NCc1nccn1Cc1ccccc1)NC(C)Cc1c(C)nn(C)c1C.I. The van der Waals surface area contributed by atoms with Crippen molar-refractivity contribution in [2.75, 3.05) is 7.05 Å². The van der Waals surface area contributed by atoms with E-state index in [9.17, 15) is 0 Å². The Labute approximate surface area is 196 Å². The Morgan fingerprint density at radius 3 is 2.57 bits per heavy atom. The van der Waals surface area contributed by atoms with Crippen molar-refractivity contribution in [3.05, 3.63) is 71.1 Å². The summed E-state index contributed by atoms with van der Waals surface area (Å²) in [4.78, 5) is 8.87. The number of rotatable bonds is 7. The second-order valence-electron chi connectivity index (χ2n) is 7.41. The number of hydrogen-bond donors (Lipinski definition) is 2. The third-order valence-electron chi connectivity index (χ3n) is 5.19. The highest BCUT2D eigenvalue weighted by atomic mass is 127. The van der Waals surface area contributed by atoms with Gasteiger partial charge in [0.2, 0.25) is 0 Å². The number of nitrogens with zero attached hydrogens (tertiary/aromatic N) is 5. The van der Waals surface area contributed by atoms with Crippen molar-refractivity contribution in [2.24, 2.45) is 12.0 Å². The highest BCUT2D eigenvalue weighted by Gasteiger charge is 2.14.